The van der Waals surface area contributed by atoms with Crippen molar-refractivity contribution in [3.63, 3.8) is 0 Å². The van der Waals surface area contributed by atoms with Gasteiger partial charge < -0.3 is 25.1 Å². The largest absolute Gasteiger partial charge is 0.507 e. The Morgan fingerprint density at radius 2 is 1.91 bits per heavy atom. The molecular weight excluding hydrogens is 432 g/mol. The minimum atomic E-state index is -1.07. The van der Waals surface area contributed by atoms with Gasteiger partial charge >= 0.3 is 0 Å². The number of piperazine rings is 1. The summed E-state index contributed by atoms with van der Waals surface area (Å²) >= 11 is 0. The summed E-state index contributed by atoms with van der Waals surface area (Å²) in [6.07, 6.45) is -0.687. The number of carbonyl (C=O) groups excluding carboxylic acids is 1. The van der Waals surface area contributed by atoms with Gasteiger partial charge in [0.25, 0.3) is 5.91 Å². The average Bonchev–Trinajstić information content (AvgIpc) is 2.82. The molecule has 3 N–H and O–H groups in total. The topological polar surface area (TPSA) is 110 Å². The number of fused-ring (bicyclic) bond motifs is 1. The van der Waals surface area contributed by atoms with E-state index >= 15 is 0 Å². The molecule has 2 heterocycles. The molecule has 34 heavy (non-hydrogen) atoms. The van der Waals surface area contributed by atoms with Gasteiger partial charge in [0.15, 0.2) is 5.82 Å². The molecule has 2 atom stereocenters. The van der Waals surface area contributed by atoms with Gasteiger partial charge in [0, 0.05) is 25.0 Å². The number of hydrogen-bond donors (Lipinski definition) is 3. The summed E-state index contributed by atoms with van der Waals surface area (Å²) in [4.78, 5) is 26.0. The average molecular weight is 465 g/mol. The van der Waals surface area contributed by atoms with E-state index < -0.39 is 12.1 Å². The maximum absolute atomic E-state index is 12.9. The third-order valence-corrected chi connectivity index (χ3v) is 6.23. The fraction of sp³-hybridized carbons (Fsp3) is 0.423. The first-order valence-electron chi connectivity index (χ1n) is 11.7. The van der Waals surface area contributed by atoms with Crippen molar-refractivity contribution in [2.45, 2.75) is 39.3 Å². The van der Waals surface area contributed by atoms with Gasteiger partial charge in [-0.25, -0.2) is 9.97 Å². The standard InChI is InChI=1S/C26H32N4O4/c1-16(2)12-23(33)26(34)30-11-10-29(14-18(30)15-31)25-19-9-8-17(3)13-21(19)27-24(28-25)20-6-4-5-7-22(20)32/h4-9,13,16,18,23,31-33H,10-12,14-15H2,1-3H3/t18-,23-/m1/s1. The second kappa shape index (κ2) is 9.95. The Morgan fingerprint density at radius 1 is 1.15 bits per heavy atom. The molecule has 0 aliphatic carbocycles. The molecule has 0 spiro atoms. The number of aromatic nitrogens is 2. The third kappa shape index (κ3) is 4.83. The molecule has 0 radical (unpaired) electrons. The van der Waals surface area contributed by atoms with Crippen LogP contribution in [0.2, 0.25) is 0 Å². The zero-order valence-corrected chi connectivity index (χ0v) is 19.8. The lowest BCUT2D eigenvalue weighted by molar-refractivity contribution is -0.144. The number of phenolic OH excluding ortho intramolecular Hbond substituents is 1. The quantitative estimate of drug-likeness (QED) is 0.514. The molecule has 1 aliphatic rings. The van der Waals surface area contributed by atoms with Crippen LogP contribution in [0, 0.1) is 12.8 Å². The second-order valence-corrected chi connectivity index (χ2v) is 9.37. The zero-order chi connectivity index (χ0) is 24.4. The lowest BCUT2D eigenvalue weighted by atomic mass is 10.0. The van der Waals surface area contributed by atoms with E-state index in [4.69, 9.17) is 9.97 Å². The predicted octanol–water partition coefficient (Wildman–Crippen LogP) is 2.73. The van der Waals surface area contributed by atoms with Gasteiger partial charge in [-0.15, -0.1) is 0 Å². The van der Waals surface area contributed by atoms with Crippen LogP contribution in [0.4, 0.5) is 5.82 Å². The van der Waals surface area contributed by atoms with E-state index in [0.717, 1.165) is 16.5 Å². The summed E-state index contributed by atoms with van der Waals surface area (Å²) in [5, 5.41) is 31.7. The minimum Gasteiger partial charge on any atom is -0.507 e. The number of rotatable bonds is 6. The number of para-hydroxylation sites is 1. The van der Waals surface area contributed by atoms with Crippen molar-refractivity contribution >= 4 is 22.6 Å². The third-order valence-electron chi connectivity index (χ3n) is 6.23. The van der Waals surface area contributed by atoms with E-state index in [1.165, 1.54) is 0 Å². The molecule has 1 saturated heterocycles. The molecule has 1 aliphatic heterocycles. The number of aliphatic hydroxyl groups excluding tert-OH is 2. The highest BCUT2D eigenvalue weighted by Gasteiger charge is 2.34. The lowest BCUT2D eigenvalue weighted by Crippen LogP contribution is -2.59. The summed E-state index contributed by atoms with van der Waals surface area (Å²) in [6.45, 7) is 6.93. The number of phenols is 1. The van der Waals surface area contributed by atoms with E-state index in [9.17, 15) is 20.1 Å². The molecule has 4 rings (SSSR count). The Hall–Kier alpha value is -3.23. The Labute approximate surface area is 199 Å². The van der Waals surface area contributed by atoms with E-state index in [2.05, 4.69) is 0 Å². The van der Waals surface area contributed by atoms with E-state index in [-0.39, 0.29) is 24.2 Å². The van der Waals surface area contributed by atoms with Gasteiger partial charge in [-0.3, -0.25) is 4.79 Å². The first kappa shape index (κ1) is 23.9. The SMILES string of the molecule is Cc1ccc2c(N3CCN(C(=O)[C@H](O)CC(C)C)[C@@H](CO)C3)nc(-c3ccccc3O)nc2c1. The summed E-state index contributed by atoms with van der Waals surface area (Å²) in [5.41, 5.74) is 2.36. The number of benzene rings is 2. The van der Waals surface area contributed by atoms with Gasteiger partial charge in [-0.05, 0) is 49.1 Å². The summed E-state index contributed by atoms with van der Waals surface area (Å²) in [6, 6.07) is 12.5. The molecule has 3 aromatic rings. The van der Waals surface area contributed by atoms with Crippen LogP contribution in [0.25, 0.3) is 22.3 Å². The first-order chi connectivity index (χ1) is 16.3. The fourth-order valence-corrected chi connectivity index (χ4v) is 4.48. The molecule has 8 nitrogen and oxygen atoms in total. The number of aliphatic hydroxyl groups is 2. The van der Waals surface area contributed by atoms with Crippen LogP contribution < -0.4 is 4.90 Å². The normalized spacial score (nSPS) is 17.4. The highest BCUT2D eigenvalue weighted by atomic mass is 16.3. The fourth-order valence-electron chi connectivity index (χ4n) is 4.48. The Bertz CT molecular complexity index is 1180. The lowest BCUT2D eigenvalue weighted by Gasteiger charge is -2.42. The number of carbonyl (C=O) groups is 1. The van der Waals surface area contributed by atoms with E-state index in [0.29, 0.717) is 43.3 Å². The molecule has 2 aromatic carbocycles. The molecular formula is C26H32N4O4. The Kier molecular flexibility index (Phi) is 7.00. The smallest absolute Gasteiger partial charge is 0.251 e. The van der Waals surface area contributed by atoms with Crippen LogP contribution in [-0.2, 0) is 4.79 Å². The summed E-state index contributed by atoms with van der Waals surface area (Å²) < 4.78 is 0. The van der Waals surface area contributed by atoms with Crippen LogP contribution in [0.15, 0.2) is 42.5 Å². The number of nitrogens with zero attached hydrogens (tertiary/aromatic N) is 4. The minimum absolute atomic E-state index is 0.100. The van der Waals surface area contributed by atoms with E-state index in [1.807, 2.05) is 49.9 Å². The molecule has 8 heteroatoms. The predicted molar refractivity (Wildman–Crippen MR) is 132 cm³/mol. The summed E-state index contributed by atoms with van der Waals surface area (Å²) in [7, 11) is 0. The van der Waals surface area contributed by atoms with Crippen LogP contribution >= 0.6 is 0 Å². The molecule has 180 valence electrons. The zero-order valence-electron chi connectivity index (χ0n) is 19.8. The molecule has 0 saturated carbocycles. The number of aryl methyl sites for hydroxylation is 1. The maximum Gasteiger partial charge on any atom is 0.251 e. The molecule has 1 aromatic heterocycles. The van der Waals surface area contributed by atoms with Crippen molar-refractivity contribution in [1.82, 2.24) is 14.9 Å². The van der Waals surface area contributed by atoms with E-state index in [1.54, 1.807) is 23.1 Å². The van der Waals surface area contributed by atoms with Gasteiger partial charge in [0.1, 0.15) is 17.7 Å². The molecule has 0 unspecified atom stereocenters. The maximum atomic E-state index is 12.9. The first-order valence-corrected chi connectivity index (χ1v) is 11.7. The molecule has 0 bridgehead atoms. The monoisotopic (exact) mass is 464 g/mol. The Balaban J connectivity index is 1.70. The second-order valence-electron chi connectivity index (χ2n) is 9.37. The van der Waals surface area contributed by atoms with Gasteiger partial charge in [0.05, 0.1) is 23.7 Å². The van der Waals surface area contributed by atoms with Crippen molar-refractivity contribution in [3.8, 4) is 17.1 Å². The van der Waals surface area contributed by atoms with Crippen molar-refractivity contribution in [2.75, 3.05) is 31.1 Å². The van der Waals surface area contributed by atoms with Gasteiger partial charge in [-0.2, -0.15) is 0 Å². The van der Waals surface area contributed by atoms with Crippen molar-refractivity contribution in [2.24, 2.45) is 5.92 Å². The van der Waals surface area contributed by atoms with Crippen molar-refractivity contribution in [3.05, 3.63) is 48.0 Å². The van der Waals surface area contributed by atoms with Crippen LogP contribution in [0.1, 0.15) is 25.8 Å². The number of aromatic hydroxyl groups is 1. The van der Waals surface area contributed by atoms with Crippen LogP contribution in [-0.4, -0.2) is 74.5 Å². The highest BCUT2D eigenvalue weighted by Crippen LogP contribution is 2.33. The Morgan fingerprint density at radius 3 is 2.62 bits per heavy atom. The van der Waals surface area contributed by atoms with Crippen LogP contribution in [0.5, 0.6) is 5.75 Å². The number of anilines is 1. The van der Waals surface area contributed by atoms with Gasteiger partial charge in [0.2, 0.25) is 0 Å². The number of hydrogen-bond acceptors (Lipinski definition) is 7. The number of amides is 1. The molecule has 1 fully saturated rings. The molecule has 1 amide bonds. The van der Waals surface area contributed by atoms with Gasteiger partial charge in [-0.1, -0.05) is 32.0 Å². The van der Waals surface area contributed by atoms with Crippen molar-refractivity contribution in [1.29, 1.82) is 0 Å². The highest BCUT2D eigenvalue weighted by molar-refractivity contribution is 5.92. The van der Waals surface area contributed by atoms with Crippen LogP contribution in [0.3, 0.4) is 0 Å². The van der Waals surface area contributed by atoms with Crippen molar-refractivity contribution < 1.29 is 20.1 Å². The summed E-state index contributed by atoms with van der Waals surface area (Å²) in [5.74, 6) is 1.05.